The summed E-state index contributed by atoms with van der Waals surface area (Å²) < 4.78 is 30.2. The van der Waals surface area contributed by atoms with E-state index in [1.54, 1.807) is 0 Å². The zero-order chi connectivity index (χ0) is 15.2. The summed E-state index contributed by atoms with van der Waals surface area (Å²) in [6.07, 6.45) is -0.204. The predicted octanol–water partition coefficient (Wildman–Crippen LogP) is 1.08. The highest BCUT2D eigenvalue weighted by molar-refractivity contribution is 7.92. The van der Waals surface area contributed by atoms with E-state index in [-0.39, 0.29) is 29.8 Å². The molecule has 0 aliphatic carbocycles. The largest absolute Gasteiger partial charge is 0.481 e. The number of sulfonamides is 1. The van der Waals surface area contributed by atoms with Crippen molar-refractivity contribution in [2.45, 2.75) is 12.8 Å². The Balaban J connectivity index is 2.72. The fourth-order valence-corrected chi connectivity index (χ4v) is 2.58. The van der Waals surface area contributed by atoms with Crippen molar-refractivity contribution in [1.29, 1.82) is 0 Å². The average molecular weight is 301 g/mol. The van der Waals surface area contributed by atoms with Gasteiger partial charge in [-0.25, -0.2) is 13.2 Å². The Labute approximate surface area is 116 Å². The van der Waals surface area contributed by atoms with Crippen LogP contribution in [0.1, 0.15) is 23.2 Å². The minimum absolute atomic E-state index is 0.0152. The number of methoxy groups -OCH3 is 1. The van der Waals surface area contributed by atoms with E-state index in [1.807, 2.05) is 0 Å². The van der Waals surface area contributed by atoms with E-state index in [4.69, 9.17) is 5.11 Å². The van der Waals surface area contributed by atoms with E-state index >= 15 is 0 Å². The van der Waals surface area contributed by atoms with E-state index < -0.39 is 22.0 Å². The molecule has 0 saturated carbocycles. The zero-order valence-corrected chi connectivity index (χ0v) is 11.6. The minimum Gasteiger partial charge on any atom is -0.481 e. The van der Waals surface area contributed by atoms with Crippen LogP contribution in [0.15, 0.2) is 24.3 Å². The van der Waals surface area contributed by atoms with Gasteiger partial charge in [0.2, 0.25) is 10.0 Å². The van der Waals surface area contributed by atoms with Crippen LogP contribution < -0.4 is 4.72 Å². The Bertz CT molecular complexity index is 596. The average Bonchev–Trinajstić information content (AvgIpc) is 2.36. The number of aliphatic carboxylic acids is 1. The molecule has 8 heteroatoms. The molecule has 1 rings (SSSR count). The third-order valence-electron chi connectivity index (χ3n) is 2.36. The van der Waals surface area contributed by atoms with Gasteiger partial charge in [0.15, 0.2) is 0 Å². The van der Waals surface area contributed by atoms with Crippen molar-refractivity contribution < 1.29 is 27.9 Å². The fourth-order valence-electron chi connectivity index (χ4n) is 1.47. The lowest BCUT2D eigenvalue weighted by Gasteiger charge is -2.08. The van der Waals surface area contributed by atoms with E-state index in [0.717, 1.165) is 0 Å². The molecule has 7 nitrogen and oxygen atoms in total. The third-order valence-corrected chi connectivity index (χ3v) is 3.73. The highest BCUT2D eigenvalue weighted by atomic mass is 32.2. The summed E-state index contributed by atoms with van der Waals surface area (Å²) in [5.41, 5.74) is 0.446. The molecule has 0 aromatic heterocycles. The predicted molar refractivity (Wildman–Crippen MR) is 72.1 cm³/mol. The molecule has 0 atom stereocenters. The number of carbonyl (C=O) groups is 2. The van der Waals surface area contributed by atoms with Gasteiger partial charge in [-0.3, -0.25) is 9.52 Å². The Morgan fingerprint density at radius 1 is 1.35 bits per heavy atom. The minimum atomic E-state index is -3.64. The molecule has 0 aliphatic rings. The second-order valence-electron chi connectivity index (χ2n) is 3.99. The van der Waals surface area contributed by atoms with Crippen LogP contribution in [0.2, 0.25) is 0 Å². The van der Waals surface area contributed by atoms with Gasteiger partial charge in [-0.2, -0.15) is 0 Å². The maximum atomic E-state index is 11.7. The number of carboxylic acids is 1. The van der Waals surface area contributed by atoms with Gasteiger partial charge in [0.05, 0.1) is 18.4 Å². The summed E-state index contributed by atoms with van der Waals surface area (Å²) in [6, 6.07) is 5.84. The van der Waals surface area contributed by atoms with Crippen molar-refractivity contribution in [3.05, 3.63) is 29.8 Å². The topological polar surface area (TPSA) is 110 Å². The first-order valence-electron chi connectivity index (χ1n) is 5.75. The van der Waals surface area contributed by atoms with Crippen molar-refractivity contribution in [2.75, 3.05) is 17.6 Å². The molecule has 20 heavy (non-hydrogen) atoms. The number of carboxylic acid groups (broad SMARTS) is 1. The Morgan fingerprint density at radius 2 is 2.05 bits per heavy atom. The van der Waals surface area contributed by atoms with Crippen LogP contribution in [0.25, 0.3) is 0 Å². The molecule has 0 spiro atoms. The lowest BCUT2D eigenvalue weighted by molar-refractivity contribution is -0.137. The van der Waals surface area contributed by atoms with Gasteiger partial charge in [0, 0.05) is 12.1 Å². The van der Waals surface area contributed by atoms with Crippen LogP contribution in [0.3, 0.4) is 0 Å². The third kappa shape index (κ3) is 5.27. The Kier molecular flexibility index (Phi) is 5.51. The molecule has 1 aromatic carbocycles. The van der Waals surface area contributed by atoms with Gasteiger partial charge < -0.3 is 9.84 Å². The smallest absolute Gasteiger partial charge is 0.337 e. The summed E-state index contributed by atoms with van der Waals surface area (Å²) in [4.78, 5) is 21.6. The molecule has 2 N–H and O–H groups in total. The molecule has 0 heterocycles. The number of hydrogen-bond donors (Lipinski definition) is 2. The van der Waals surface area contributed by atoms with Crippen molar-refractivity contribution in [3.63, 3.8) is 0 Å². The van der Waals surface area contributed by atoms with E-state index in [9.17, 15) is 18.0 Å². The highest BCUT2D eigenvalue weighted by Crippen LogP contribution is 2.13. The molecule has 0 fully saturated rings. The number of carbonyl (C=O) groups excluding carboxylic acids is 1. The van der Waals surface area contributed by atoms with Gasteiger partial charge in [-0.05, 0) is 24.6 Å². The highest BCUT2D eigenvalue weighted by Gasteiger charge is 2.13. The molecule has 0 saturated heterocycles. The first-order valence-corrected chi connectivity index (χ1v) is 7.40. The van der Waals surface area contributed by atoms with Crippen molar-refractivity contribution in [1.82, 2.24) is 0 Å². The summed E-state index contributed by atoms with van der Waals surface area (Å²) in [5.74, 6) is -1.92. The second-order valence-corrected chi connectivity index (χ2v) is 5.83. The maximum Gasteiger partial charge on any atom is 0.337 e. The Hall–Kier alpha value is -2.09. The first kappa shape index (κ1) is 16.0. The standard InChI is InChI=1S/C12H15NO6S/c1-19-12(16)9-4-2-5-10(8-9)13-20(17,18)7-3-6-11(14)15/h2,4-5,8,13H,3,6-7H2,1H3,(H,14,15). The van der Waals surface area contributed by atoms with Gasteiger partial charge in [0.25, 0.3) is 0 Å². The SMILES string of the molecule is COC(=O)c1cccc(NS(=O)(=O)CCCC(=O)O)c1. The van der Waals surface area contributed by atoms with Crippen molar-refractivity contribution in [2.24, 2.45) is 0 Å². The van der Waals surface area contributed by atoms with Gasteiger partial charge in [-0.1, -0.05) is 6.07 Å². The number of hydrogen-bond acceptors (Lipinski definition) is 5. The van der Waals surface area contributed by atoms with E-state index in [1.165, 1.54) is 31.4 Å². The summed E-state index contributed by atoms with van der Waals surface area (Å²) in [6.45, 7) is 0. The molecular weight excluding hydrogens is 286 g/mol. The quantitative estimate of drug-likeness (QED) is 0.729. The number of esters is 1. The summed E-state index contributed by atoms with van der Waals surface area (Å²) in [7, 11) is -2.42. The van der Waals surface area contributed by atoms with Crippen LogP contribution >= 0.6 is 0 Å². The van der Waals surface area contributed by atoms with Crippen molar-refractivity contribution >= 4 is 27.6 Å². The second kappa shape index (κ2) is 6.90. The molecule has 0 aliphatic heterocycles. The van der Waals surface area contributed by atoms with Gasteiger partial charge in [0.1, 0.15) is 0 Å². The number of benzene rings is 1. The first-order chi connectivity index (χ1) is 9.34. The molecular formula is C12H15NO6S. The number of anilines is 1. The molecule has 110 valence electrons. The molecule has 0 unspecified atom stereocenters. The number of ether oxygens (including phenoxy) is 1. The van der Waals surface area contributed by atoms with E-state index in [0.29, 0.717) is 0 Å². The van der Waals surface area contributed by atoms with Crippen LogP contribution in [0, 0.1) is 0 Å². The number of nitrogens with one attached hydrogen (secondary N) is 1. The molecule has 0 radical (unpaired) electrons. The van der Waals surface area contributed by atoms with E-state index in [2.05, 4.69) is 9.46 Å². The fraction of sp³-hybridized carbons (Fsp3) is 0.333. The maximum absolute atomic E-state index is 11.7. The summed E-state index contributed by atoms with van der Waals surface area (Å²) in [5, 5.41) is 8.46. The van der Waals surface area contributed by atoms with Gasteiger partial charge >= 0.3 is 11.9 Å². The Morgan fingerprint density at radius 3 is 2.65 bits per heavy atom. The molecule has 0 bridgehead atoms. The molecule has 0 amide bonds. The van der Waals surface area contributed by atoms with Gasteiger partial charge in [-0.15, -0.1) is 0 Å². The lowest BCUT2D eigenvalue weighted by atomic mass is 10.2. The van der Waals surface area contributed by atoms with Crippen LogP contribution in [0.4, 0.5) is 5.69 Å². The van der Waals surface area contributed by atoms with Crippen molar-refractivity contribution in [3.8, 4) is 0 Å². The molecule has 1 aromatic rings. The monoisotopic (exact) mass is 301 g/mol. The summed E-state index contributed by atoms with van der Waals surface area (Å²) >= 11 is 0. The normalized spacial score (nSPS) is 10.8. The van der Waals surface area contributed by atoms with Crippen LogP contribution in [-0.4, -0.2) is 38.3 Å². The number of rotatable bonds is 7. The lowest BCUT2D eigenvalue weighted by Crippen LogP contribution is -2.17. The van der Waals surface area contributed by atoms with Crippen LogP contribution in [0.5, 0.6) is 0 Å². The zero-order valence-electron chi connectivity index (χ0n) is 10.8. The van der Waals surface area contributed by atoms with Crippen LogP contribution in [-0.2, 0) is 19.6 Å².